The number of carbonyl (C=O) groups is 2. The van der Waals surface area contributed by atoms with E-state index in [1.165, 1.54) is 11.8 Å². The molecule has 0 aromatic heterocycles. The largest absolute Gasteiger partial charge is 0.496 e. The van der Waals surface area contributed by atoms with Crippen molar-refractivity contribution < 1.29 is 19.1 Å². The predicted octanol–water partition coefficient (Wildman–Crippen LogP) is 3.12. The van der Waals surface area contributed by atoms with Gasteiger partial charge in [-0.3, -0.25) is 9.59 Å². The minimum absolute atomic E-state index is 0.00229. The van der Waals surface area contributed by atoms with Gasteiger partial charge in [0.05, 0.1) is 20.3 Å². The number of nitrogens with one attached hydrogen (secondary N) is 1. The van der Waals surface area contributed by atoms with E-state index in [1.54, 1.807) is 31.4 Å². The van der Waals surface area contributed by atoms with Crippen molar-refractivity contribution >= 4 is 17.5 Å². The molecule has 0 fully saturated rings. The van der Waals surface area contributed by atoms with E-state index in [2.05, 4.69) is 5.32 Å². The maximum absolute atomic E-state index is 12.3. The molecule has 6 nitrogen and oxygen atoms in total. The normalized spacial score (nSPS) is 10.2. The van der Waals surface area contributed by atoms with Gasteiger partial charge < -0.3 is 19.7 Å². The molecule has 0 aliphatic heterocycles. The minimum Gasteiger partial charge on any atom is -0.496 e. The van der Waals surface area contributed by atoms with Crippen LogP contribution in [0, 0.1) is 0 Å². The van der Waals surface area contributed by atoms with Crippen molar-refractivity contribution in [1.29, 1.82) is 0 Å². The van der Waals surface area contributed by atoms with Crippen LogP contribution in [0.15, 0.2) is 48.5 Å². The van der Waals surface area contributed by atoms with Gasteiger partial charge in [-0.25, -0.2) is 0 Å². The smallest absolute Gasteiger partial charge is 0.243 e. The van der Waals surface area contributed by atoms with Crippen molar-refractivity contribution in [2.45, 2.75) is 20.3 Å². The van der Waals surface area contributed by atoms with Gasteiger partial charge in [-0.2, -0.15) is 0 Å². The molecular formula is C21H26N2O4. The second-order valence-electron chi connectivity index (χ2n) is 6.01. The fraction of sp³-hybridized carbons (Fsp3) is 0.333. The highest BCUT2D eigenvalue weighted by Gasteiger charge is 2.15. The summed E-state index contributed by atoms with van der Waals surface area (Å²) in [5.74, 6) is 1.14. The van der Waals surface area contributed by atoms with Crippen LogP contribution in [-0.2, 0) is 16.0 Å². The van der Waals surface area contributed by atoms with Crippen LogP contribution in [0.2, 0.25) is 0 Å². The first-order valence-electron chi connectivity index (χ1n) is 8.93. The zero-order chi connectivity index (χ0) is 19.6. The molecule has 0 spiro atoms. The molecule has 0 saturated carbocycles. The van der Waals surface area contributed by atoms with Crippen molar-refractivity contribution in [3.63, 3.8) is 0 Å². The second-order valence-corrected chi connectivity index (χ2v) is 6.01. The molecule has 0 unspecified atom stereocenters. The number of methoxy groups -OCH3 is 1. The first-order chi connectivity index (χ1) is 13.0. The Bertz CT molecular complexity index is 759. The highest BCUT2D eigenvalue weighted by Crippen LogP contribution is 2.18. The fourth-order valence-electron chi connectivity index (χ4n) is 2.69. The first-order valence-corrected chi connectivity index (χ1v) is 8.93. The van der Waals surface area contributed by atoms with Crippen molar-refractivity contribution in [3.8, 4) is 11.5 Å². The Labute approximate surface area is 160 Å². The SMILES string of the molecule is CCOc1ccc(NC(=O)CN(CCc2ccccc2OC)C(C)=O)cc1. The van der Waals surface area contributed by atoms with Gasteiger partial charge in [-0.1, -0.05) is 18.2 Å². The van der Waals surface area contributed by atoms with Crippen LogP contribution in [0.1, 0.15) is 19.4 Å². The average Bonchev–Trinajstić information content (AvgIpc) is 2.67. The topological polar surface area (TPSA) is 67.9 Å². The number of carbonyl (C=O) groups excluding carboxylic acids is 2. The Morgan fingerprint density at radius 2 is 1.78 bits per heavy atom. The Kier molecular flexibility index (Phi) is 7.67. The van der Waals surface area contributed by atoms with Crippen LogP contribution >= 0.6 is 0 Å². The van der Waals surface area contributed by atoms with E-state index in [0.717, 1.165) is 17.1 Å². The molecule has 0 aliphatic carbocycles. The van der Waals surface area contributed by atoms with Gasteiger partial charge in [0, 0.05) is 19.2 Å². The summed E-state index contributed by atoms with van der Waals surface area (Å²) in [4.78, 5) is 25.8. The number of hydrogen-bond acceptors (Lipinski definition) is 4. The number of benzene rings is 2. The Morgan fingerprint density at radius 1 is 1.07 bits per heavy atom. The summed E-state index contributed by atoms with van der Waals surface area (Å²) in [6.07, 6.45) is 0.611. The third-order valence-electron chi connectivity index (χ3n) is 4.07. The molecule has 0 heterocycles. The summed E-state index contributed by atoms with van der Waals surface area (Å²) in [6.45, 7) is 4.40. The van der Waals surface area contributed by atoms with E-state index in [4.69, 9.17) is 9.47 Å². The van der Waals surface area contributed by atoms with Gasteiger partial charge in [0.15, 0.2) is 0 Å². The summed E-state index contributed by atoms with van der Waals surface area (Å²) in [7, 11) is 1.62. The van der Waals surface area contributed by atoms with E-state index < -0.39 is 0 Å². The van der Waals surface area contributed by atoms with Crippen LogP contribution < -0.4 is 14.8 Å². The van der Waals surface area contributed by atoms with Crippen LogP contribution in [0.4, 0.5) is 5.69 Å². The number of amides is 2. The zero-order valence-corrected chi connectivity index (χ0v) is 16.0. The van der Waals surface area contributed by atoms with Gasteiger partial charge >= 0.3 is 0 Å². The molecule has 0 aliphatic rings. The molecule has 2 aromatic rings. The van der Waals surface area contributed by atoms with Gasteiger partial charge in [-0.05, 0) is 49.2 Å². The predicted molar refractivity (Wildman–Crippen MR) is 105 cm³/mol. The summed E-state index contributed by atoms with van der Waals surface area (Å²) in [5.41, 5.74) is 1.66. The molecule has 2 rings (SSSR count). The Balaban J connectivity index is 1.92. The highest BCUT2D eigenvalue weighted by molar-refractivity contribution is 5.94. The quantitative estimate of drug-likeness (QED) is 0.736. The summed E-state index contributed by atoms with van der Waals surface area (Å²) in [6, 6.07) is 14.8. The highest BCUT2D eigenvalue weighted by atomic mass is 16.5. The van der Waals surface area contributed by atoms with Crippen molar-refractivity contribution in [2.24, 2.45) is 0 Å². The molecule has 2 aromatic carbocycles. The average molecular weight is 370 g/mol. The molecule has 144 valence electrons. The van der Waals surface area contributed by atoms with Crippen molar-refractivity contribution in [2.75, 3.05) is 32.1 Å². The molecule has 0 radical (unpaired) electrons. The molecule has 0 bridgehead atoms. The number of anilines is 1. The van der Waals surface area contributed by atoms with E-state index in [-0.39, 0.29) is 18.4 Å². The third-order valence-corrected chi connectivity index (χ3v) is 4.07. The van der Waals surface area contributed by atoms with E-state index in [9.17, 15) is 9.59 Å². The number of rotatable bonds is 9. The molecule has 6 heteroatoms. The Morgan fingerprint density at radius 3 is 2.41 bits per heavy atom. The van der Waals surface area contributed by atoms with E-state index >= 15 is 0 Å². The maximum Gasteiger partial charge on any atom is 0.243 e. The monoisotopic (exact) mass is 370 g/mol. The molecule has 0 atom stereocenters. The Hall–Kier alpha value is -3.02. The van der Waals surface area contributed by atoms with Crippen LogP contribution in [0.25, 0.3) is 0 Å². The van der Waals surface area contributed by atoms with Crippen LogP contribution in [-0.4, -0.2) is 43.5 Å². The van der Waals surface area contributed by atoms with Crippen molar-refractivity contribution in [1.82, 2.24) is 4.90 Å². The number of para-hydroxylation sites is 1. The van der Waals surface area contributed by atoms with Crippen LogP contribution in [0.5, 0.6) is 11.5 Å². The minimum atomic E-state index is -0.241. The number of ether oxygens (including phenoxy) is 2. The summed E-state index contributed by atoms with van der Waals surface area (Å²) >= 11 is 0. The van der Waals surface area contributed by atoms with Gasteiger partial charge in [0.2, 0.25) is 11.8 Å². The molecule has 0 saturated heterocycles. The maximum atomic E-state index is 12.3. The summed E-state index contributed by atoms with van der Waals surface area (Å²) in [5, 5.41) is 2.80. The van der Waals surface area contributed by atoms with Gasteiger partial charge in [-0.15, -0.1) is 0 Å². The van der Waals surface area contributed by atoms with Crippen LogP contribution in [0.3, 0.4) is 0 Å². The van der Waals surface area contributed by atoms with Crippen molar-refractivity contribution in [3.05, 3.63) is 54.1 Å². The zero-order valence-electron chi connectivity index (χ0n) is 16.0. The lowest BCUT2D eigenvalue weighted by Gasteiger charge is -2.21. The van der Waals surface area contributed by atoms with E-state index in [1.807, 2.05) is 31.2 Å². The molecular weight excluding hydrogens is 344 g/mol. The lowest BCUT2D eigenvalue weighted by Crippen LogP contribution is -2.38. The van der Waals surface area contributed by atoms with Gasteiger partial charge in [0.25, 0.3) is 0 Å². The third kappa shape index (κ3) is 6.33. The first kappa shape index (κ1) is 20.3. The lowest BCUT2D eigenvalue weighted by molar-refractivity contribution is -0.132. The number of hydrogen-bond donors (Lipinski definition) is 1. The molecule has 27 heavy (non-hydrogen) atoms. The summed E-state index contributed by atoms with van der Waals surface area (Å²) < 4.78 is 10.7. The lowest BCUT2D eigenvalue weighted by atomic mass is 10.1. The standard InChI is InChI=1S/C21H26N2O4/c1-4-27-19-11-9-18(10-12-19)22-21(25)15-23(16(2)24)14-13-17-7-5-6-8-20(17)26-3/h5-12H,4,13-15H2,1-3H3,(H,22,25). The van der Waals surface area contributed by atoms with E-state index in [0.29, 0.717) is 25.3 Å². The number of nitrogens with zero attached hydrogens (tertiary/aromatic N) is 1. The fourth-order valence-corrected chi connectivity index (χ4v) is 2.69. The second kappa shape index (κ2) is 10.2. The van der Waals surface area contributed by atoms with Gasteiger partial charge in [0.1, 0.15) is 11.5 Å². The molecule has 2 amide bonds. The molecule has 1 N–H and O–H groups in total.